The number of rotatable bonds is 4. The Hall–Kier alpha value is -2.89. The second-order valence-corrected chi connectivity index (χ2v) is 7.33. The van der Waals surface area contributed by atoms with Gasteiger partial charge in [0, 0.05) is 5.56 Å². The minimum Gasteiger partial charge on any atom is -0.463 e. The zero-order valence-corrected chi connectivity index (χ0v) is 15.9. The summed E-state index contributed by atoms with van der Waals surface area (Å²) in [6.07, 6.45) is 1.13. The molecule has 0 saturated heterocycles. The lowest BCUT2D eigenvalue weighted by atomic mass is 9.85. The standard InChI is InChI=1S/C21H23NO5/c1-5-25-19(24)21(16-11-10-14-8-6-7-9-15(14)12-16)17(22-13-26-21)18(23)27-20(2,3)4/h6-13,17H,5H2,1-4H3/t17-,21-/m0/s1. The molecular weight excluding hydrogens is 346 g/mol. The Morgan fingerprint density at radius 2 is 1.85 bits per heavy atom. The summed E-state index contributed by atoms with van der Waals surface area (Å²) in [6, 6.07) is 12.0. The summed E-state index contributed by atoms with van der Waals surface area (Å²) < 4.78 is 16.4. The van der Waals surface area contributed by atoms with Crippen LogP contribution in [0.4, 0.5) is 0 Å². The number of carbonyl (C=O) groups is 2. The minimum absolute atomic E-state index is 0.151. The highest BCUT2D eigenvalue weighted by molar-refractivity contribution is 5.96. The average Bonchev–Trinajstić information content (AvgIpc) is 3.06. The maximum atomic E-state index is 12.9. The van der Waals surface area contributed by atoms with E-state index < -0.39 is 29.2 Å². The van der Waals surface area contributed by atoms with Gasteiger partial charge in [-0.15, -0.1) is 0 Å². The molecular formula is C21H23NO5. The number of carbonyl (C=O) groups excluding carboxylic acids is 2. The molecule has 6 nitrogen and oxygen atoms in total. The van der Waals surface area contributed by atoms with Crippen LogP contribution in [0.3, 0.4) is 0 Å². The molecule has 0 aromatic heterocycles. The predicted octanol–water partition coefficient (Wildman–Crippen LogP) is 3.37. The number of aliphatic imine (C=N–C) groups is 1. The normalized spacial score (nSPS) is 21.7. The van der Waals surface area contributed by atoms with Crippen molar-refractivity contribution in [3.8, 4) is 0 Å². The zero-order valence-electron chi connectivity index (χ0n) is 15.9. The van der Waals surface area contributed by atoms with Crippen LogP contribution >= 0.6 is 0 Å². The van der Waals surface area contributed by atoms with Gasteiger partial charge >= 0.3 is 11.9 Å². The fourth-order valence-corrected chi connectivity index (χ4v) is 3.09. The number of ether oxygens (including phenoxy) is 3. The Morgan fingerprint density at radius 1 is 1.15 bits per heavy atom. The van der Waals surface area contributed by atoms with Crippen molar-refractivity contribution in [3.05, 3.63) is 48.0 Å². The van der Waals surface area contributed by atoms with Gasteiger partial charge in [0.25, 0.3) is 5.60 Å². The number of fused-ring (bicyclic) bond motifs is 1. The van der Waals surface area contributed by atoms with Crippen molar-refractivity contribution in [2.45, 2.75) is 44.9 Å². The molecule has 27 heavy (non-hydrogen) atoms. The molecule has 2 atom stereocenters. The Balaban J connectivity index is 2.11. The Bertz CT molecular complexity index is 899. The Morgan fingerprint density at radius 3 is 2.52 bits per heavy atom. The fourth-order valence-electron chi connectivity index (χ4n) is 3.09. The Kier molecular flexibility index (Phi) is 4.91. The van der Waals surface area contributed by atoms with Crippen LogP contribution in [0.25, 0.3) is 10.8 Å². The molecule has 142 valence electrons. The number of esters is 2. The third kappa shape index (κ3) is 3.52. The molecule has 0 fully saturated rings. The predicted molar refractivity (Wildman–Crippen MR) is 101 cm³/mol. The molecule has 2 aromatic rings. The summed E-state index contributed by atoms with van der Waals surface area (Å²) in [7, 11) is 0. The van der Waals surface area contributed by atoms with Gasteiger partial charge in [-0.25, -0.2) is 14.6 Å². The second-order valence-electron chi connectivity index (χ2n) is 7.33. The quantitative estimate of drug-likeness (QED) is 0.773. The fraction of sp³-hybridized carbons (Fsp3) is 0.381. The molecule has 0 spiro atoms. The van der Waals surface area contributed by atoms with Crippen LogP contribution in [0.15, 0.2) is 47.5 Å². The molecule has 1 aliphatic rings. The van der Waals surface area contributed by atoms with Gasteiger partial charge in [-0.05, 0) is 44.5 Å². The average molecular weight is 369 g/mol. The maximum absolute atomic E-state index is 12.9. The SMILES string of the molecule is CCOC(=O)[C@@]1(c2ccc3ccccc3c2)OC=N[C@H]1C(=O)OC(C)(C)C. The minimum atomic E-state index is -1.71. The van der Waals surface area contributed by atoms with Gasteiger partial charge in [-0.1, -0.05) is 36.4 Å². The van der Waals surface area contributed by atoms with Crippen molar-refractivity contribution in [1.82, 2.24) is 0 Å². The van der Waals surface area contributed by atoms with E-state index in [0.717, 1.165) is 17.2 Å². The summed E-state index contributed by atoms with van der Waals surface area (Å²) in [6.45, 7) is 7.12. The summed E-state index contributed by atoms with van der Waals surface area (Å²) in [4.78, 5) is 29.9. The molecule has 0 aliphatic carbocycles. The molecule has 0 N–H and O–H groups in total. The third-order valence-corrected chi connectivity index (χ3v) is 4.22. The highest BCUT2D eigenvalue weighted by Crippen LogP contribution is 2.38. The van der Waals surface area contributed by atoms with Gasteiger partial charge < -0.3 is 14.2 Å². The van der Waals surface area contributed by atoms with Crippen molar-refractivity contribution >= 4 is 29.1 Å². The largest absolute Gasteiger partial charge is 0.463 e. The molecule has 0 bridgehead atoms. The van der Waals surface area contributed by atoms with Crippen molar-refractivity contribution in [2.24, 2.45) is 4.99 Å². The summed E-state index contributed by atoms with van der Waals surface area (Å²) in [5.74, 6) is -1.31. The van der Waals surface area contributed by atoms with E-state index in [2.05, 4.69) is 4.99 Å². The monoisotopic (exact) mass is 369 g/mol. The number of hydrogen-bond donors (Lipinski definition) is 0. The van der Waals surface area contributed by atoms with Gasteiger partial charge in [0.05, 0.1) is 6.61 Å². The highest BCUT2D eigenvalue weighted by atomic mass is 16.6. The van der Waals surface area contributed by atoms with Crippen molar-refractivity contribution < 1.29 is 23.8 Å². The smallest absolute Gasteiger partial charge is 0.358 e. The van der Waals surface area contributed by atoms with Crippen molar-refractivity contribution in [2.75, 3.05) is 6.61 Å². The summed E-state index contributed by atoms with van der Waals surface area (Å²) >= 11 is 0. The van der Waals surface area contributed by atoms with Crippen molar-refractivity contribution in [1.29, 1.82) is 0 Å². The number of benzene rings is 2. The van der Waals surface area contributed by atoms with Crippen LogP contribution in [-0.4, -0.2) is 36.6 Å². The molecule has 2 aromatic carbocycles. The lowest BCUT2D eigenvalue weighted by Gasteiger charge is -2.31. The van der Waals surface area contributed by atoms with Crippen LogP contribution in [0.1, 0.15) is 33.3 Å². The molecule has 0 unspecified atom stereocenters. The van der Waals surface area contributed by atoms with E-state index in [-0.39, 0.29) is 6.61 Å². The molecule has 1 heterocycles. The zero-order chi connectivity index (χ0) is 19.7. The second kappa shape index (κ2) is 7.02. The van der Waals surface area contributed by atoms with Gasteiger partial charge in [-0.3, -0.25) is 0 Å². The first-order chi connectivity index (χ1) is 12.8. The van der Waals surface area contributed by atoms with E-state index in [1.54, 1.807) is 33.8 Å². The number of hydrogen-bond acceptors (Lipinski definition) is 6. The van der Waals surface area contributed by atoms with E-state index in [1.165, 1.54) is 0 Å². The summed E-state index contributed by atoms with van der Waals surface area (Å²) in [5.41, 5.74) is -1.94. The Labute approximate surface area is 158 Å². The van der Waals surface area contributed by atoms with E-state index in [0.29, 0.717) is 5.56 Å². The van der Waals surface area contributed by atoms with Gasteiger partial charge in [0.15, 0.2) is 6.40 Å². The van der Waals surface area contributed by atoms with Crippen LogP contribution < -0.4 is 0 Å². The van der Waals surface area contributed by atoms with E-state index in [9.17, 15) is 9.59 Å². The first kappa shape index (κ1) is 18.9. The number of nitrogens with zero attached hydrogens (tertiary/aromatic N) is 1. The van der Waals surface area contributed by atoms with Gasteiger partial charge in [-0.2, -0.15) is 0 Å². The molecule has 6 heteroatoms. The highest BCUT2D eigenvalue weighted by Gasteiger charge is 2.58. The van der Waals surface area contributed by atoms with E-state index >= 15 is 0 Å². The topological polar surface area (TPSA) is 74.2 Å². The van der Waals surface area contributed by atoms with Crippen LogP contribution in [0.2, 0.25) is 0 Å². The molecule has 0 amide bonds. The maximum Gasteiger partial charge on any atom is 0.358 e. The molecule has 0 radical (unpaired) electrons. The third-order valence-electron chi connectivity index (χ3n) is 4.22. The lowest BCUT2D eigenvalue weighted by molar-refractivity contribution is -0.175. The van der Waals surface area contributed by atoms with Crippen LogP contribution in [0, 0.1) is 0 Å². The molecule has 3 rings (SSSR count). The van der Waals surface area contributed by atoms with Crippen molar-refractivity contribution in [3.63, 3.8) is 0 Å². The first-order valence-corrected chi connectivity index (χ1v) is 8.87. The van der Waals surface area contributed by atoms with Gasteiger partial charge in [0.2, 0.25) is 6.04 Å². The molecule has 1 aliphatic heterocycles. The van der Waals surface area contributed by atoms with Crippen LogP contribution in [-0.2, 0) is 29.4 Å². The molecule has 0 saturated carbocycles. The lowest BCUT2D eigenvalue weighted by Crippen LogP contribution is -2.51. The van der Waals surface area contributed by atoms with E-state index in [1.807, 2.05) is 36.4 Å². The van der Waals surface area contributed by atoms with Gasteiger partial charge in [0.1, 0.15) is 5.60 Å². The first-order valence-electron chi connectivity index (χ1n) is 8.87. The van der Waals surface area contributed by atoms with E-state index in [4.69, 9.17) is 14.2 Å². The summed E-state index contributed by atoms with van der Waals surface area (Å²) in [5, 5.41) is 1.92. The van der Waals surface area contributed by atoms with Crippen LogP contribution in [0.5, 0.6) is 0 Å².